The number of benzene rings is 2. The molecule has 288 valence electrons. The molecule has 0 aliphatic carbocycles. The smallest absolute Gasteiger partial charge is 0.329 e. The third kappa shape index (κ3) is 9.83. The number of phenols is 2. The first-order valence-electron chi connectivity index (χ1n) is 17.2. The van der Waals surface area contributed by atoms with Gasteiger partial charge in [0.1, 0.15) is 54.0 Å². The summed E-state index contributed by atoms with van der Waals surface area (Å²) in [5, 5.41) is 49.8. The lowest BCUT2D eigenvalue weighted by Crippen LogP contribution is -2.66. The predicted octanol–water partition coefficient (Wildman–Crippen LogP) is 0.739. The standard InChI is InChI=1S/C36H46BrN5O11/c1-17(2)29-36(52)53-18(3)14-27(46)39-30(21-7-9-22(44)10-8-21)33(49)38-24-11-13-28(47)42(34(24)50)31(19(4)43)35(51)41(5)25(32(48)40-29)16-20-6-12-26(45)23(37)15-20/h6-10,12,15,17-19,24-25,28-31,43-45,47H,11,13-14,16H2,1-5H3,(H,38,49)(H,39,46)(H,40,48)/t18-,19+,24-,25+,28-,29+,30?,31?/m1/s1. The van der Waals surface area contributed by atoms with E-state index in [0.717, 1.165) is 9.80 Å². The lowest BCUT2D eigenvalue weighted by molar-refractivity contribution is -0.170. The summed E-state index contributed by atoms with van der Waals surface area (Å²) in [5.74, 6) is -5.71. The van der Waals surface area contributed by atoms with E-state index in [1.54, 1.807) is 19.9 Å². The van der Waals surface area contributed by atoms with Gasteiger partial charge in [-0.2, -0.15) is 0 Å². The number of rotatable bonds is 5. The Morgan fingerprint density at radius 1 is 0.906 bits per heavy atom. The van der Waals surface area contributed by atoms with E-state index >= 15 is 0 Å². The molecule has 2 aromatic carbocycles. The van der Waals surface area contributed by atoms with Crippen LogP contribution in [0.4, 0.5) is 0 Å². The molecule has 2 unspecified atom stereocenters. The van der Waals surface area contributed by atoms with Crippen molar-refractivity contribution in [2.75, 3.05) is 7.05 Å². The van der Waals surface area contributed by atoms with E-state index in [9.17, 15) is 49.2 Å². The number of nitrogens with one attached hydrogen (secondary N) is 3. The number of hydrogen-bond acceptors (Lipinski definition) is 11. The van der Waals surface area contributed by atoms with Crippen LogP contribution in [0.3, 0.4) is 0 Å². The van der Waals surface area contributed by atoms with Gasteiger partial charge in [0.2, 0.25) is 29.5 Å². The number of cyclic esters (lactones) is 1. The lowest BCUT2D eigenvalue weighted by atomic mass is 9.96. The van der Waals surface area contributed by atoms with Crippen LogP contribution in [0.25, 0.3) is 0 Å². The number of carbonyl (C=O) groups is 6. The Labute approximate surface area is 315 Å². The number of phenolic OH excluding ortho intramolecular Hbond substituents is 2. The quantitative estimate of drug-likeness (QED) is 0.208. The molecule has 4 rings (SSSR count). The number of piperidine rings is 1. The number of esters is 1. The second-order valence-electron chi connectivity index (χ2n) is 13.8. The summed E-state index contributed by atoms with van der Waals surface area (Å²) in [6, 6.07) is 2.85. The zero-order chi connectivity index (χ0) is 39.3. The summed E-state index contributed by atoms with van der Waals surface area (Å²) >= 11 is 3.25. The maximum Gasteiger partial charge on any atom is 0.329 e. The van der Waals surface area contributed by atoms with Gasteiger partial charge in [0.15, 0.2) is 0 Å². The summed E-state index contributed by atoms with van der Waals surface area (Å²) in [6.45, 7) is 6.01. The fraction of sp³-hybridized carbons (Fsp3) is 0.500. The molecule has 2 aliphatic rings. The molecule has 2 fully saturated rings. The van der Waals surface area contributed by atoms with Crippen molar-refractivity contribution >= 4 is 51.4 Å². The third-order valence-electron chi connectivity index (χ3n) is 9.27. The molecular formula is C36H46BrN5O11. The summed E-state index contributed by atoms with van der Waals surface area (Å²) in [5.41, 5.74) is 0.738. The molecule has 16 nitrogen and oxygen atoms in total. The fourth-order valence-electron chi connectivity index (χ4n) is 6.35. The van der Waals surface area contributed by atoms with Gasteiger partial charge < -0.3 is 50.9 Å². The number of fused-ring (bicyclic) bond motifs is 2. The number of aliphatic hydroxyl groups is 2. The number of amides is 5. The van der Waals surface area contributed by atoms with E-state index in [2.05, 4.69) is 31.9 Å². The van der Waals surface area contributed by atoms with E-state index in [1.165, 1.54) is 57.3 Å². The molecule has 2 bridgehead atoms. The Morgan fingerprint density at radius 2 is 1.57 bits per heavy atom. The molecular weight excluding hydrogens is 758 g/mol. The van der Waals surface area contributed by atoms with Crippen LogP contribution >= 0.6 is 15.9 Å². The molecule has 2 heterocycles. The average molecular weight is 805 g/mol. The van der Waals surface area contributed by atoms with Crippen molar-refractivity contribution in [3.63, 3.8) is 0 Å². The van der Waals surface area contributed by atoms with Crippen molar-refractivity contribution in [3.05, 3.63) is 58.1 Å². The van der Waals surface area contributed by atoms with Crippen molar-refractivity contribution in [2.24, 2.45) is 5.92 Å². The number of halogens is 1. The molecule has 2 saturated heterocycles. The van der Waals surface area contributed by atoms with Gasteiger partial charge in [0.05, 0.1) is 17.0 Å². The van der Waals surface area contributed by atoms with Gasteiger partial charge >= 0.3 is 5.97 Å². The van der Waals surface area contributed by atoms with Gasteiger partial charge in [-0.15, -0.1) is 0 Å². The molecule has 0 saturated carbocycles. The van der Waals surface area contributed by atoms with E-state index in [1.807, 2.05) is 0 Å². The lowest BCUT2D eigenvalue weighted by Gasteiger charge is -2.43. The van der Waals surface area contributed by atoms with Gasteiger partial charge in [-0.3, -0.25) is 24.0 Å². The predicted molar refractivity (Wildman–Crippen MR) is 191 cm³/mol. The van der Waals surface area contributed by atoms with Gasteiger partial charge in [0.25, 0.3) is 0 Å². The normalized spacial score (nSPS) is 27.5. The van der Waals surface area contributed by atoms with Gasteiger partial charge in [-0.05, 0) is 83.9 Å². The Balaban J connectivity index is 1.81. The third-order valence-corrected chi connectivity index (χ3v) is 9.91. The highest BCUT2D eigenvalue weighted by molar-refractivity contribution is 9.10. The Hall–Kier alpha value is -4.74. The highest BCUT2D eigenvalue weighted by Gasteiger charge is 2.47. The molecule has 0 spiro atoms. The second-order valence-corrected chi connectivity index (χ2v) is 14.6. The van der Waals surface area contributed by atoms with Crippen LogP contribution in [-0.2, 0) is 39.9 Å². The molecule has 5 amide bonds. The van der Waals surface area contributed by atoms with Crippen molar-refractivity contribution < 1.29 is 53.9 Å². The number of hydrogen-bond donors (Lipinski definition) is 7. The molecule has 7 N–H and O–H groups in total. The fourth-order valence-corrected chi connectivity index (χ4v) is 6.78. The van der Waals surface area contributed by atoms with Crippen LogP contribution in [0.1, 0.15) is 64.1 Å². The minimum absolute atomic E-state index is 0.0562. The second kappa shape index (κ2) is 17.4. The minimum Gasteiger partial charge on any atom is -0.508 e. The van der Waals surface area contributed by atoms with Crippen molar-refractivity contribution in [1.82, 2.24) is 25.8 Å². The molecule has 0 radical (unpaired) electrons. The van der Waals surface area contributed by atoms with Crippen LogP contribution in [0.5, 0.6) is 11.5 Å². The van der Waals surface area contributed by atoms with Crippen LogP contribution in [0, 0.1) is 5.92 Å². The largest absolute Gasteiger partial charge is 0.508 e. The first kappa shape index (κ1) is 41.0. The monoisotopic (exact) mass is 803 g/mol. The van der Waals surface area contributed by atoms with Crippen LogP contribution in [0.15, 0.2) is 46.9 Å². The summed E-state index contributed by atoms with van der Waals surface area (Å²) in [7, 11) is 1.28. The maximum absolute atomic E-state index is 14.4. The number of ether oxygens (including phenoxy) is 1. The highest BCUT2D eigenvalue weighted by atomic mass is 79.9. The molecule has 17 heteroatoms. The van der Waals surface area contributed by atoms with Crippen molar-refractivity contribution in [2.45, 2.75) is 102 Å². The molecule has 53 heavy (non-hydrogen) atoms. The first-order chi connectivity index (χ1) is 24.9. The van der Waals surface area contributed by atoms with Crippen LogP contribution < -0.4 is 16.0 Å². The van der Waals surface area contributed by atoms with Crippen LogP contribution in [0.2, 0.25) is 0 Å². The number of aliphatic hydroxyl groups excluding tert-OH is 2. The van der Waals surface area contributed by atoms with E-state index in [-0.39, 0.29) is 42.7 Å². The summed E-state index contributed by atoms with van der Waals surface area (Å²) in [6.07, 6.45) is -4.86. The Bertz CT molecular complexity index is 1700. The summed E-state index contributed by atoms with van der Waals surface area (Å²) < 4.78 is 5.89. The number of nitrogens with zero attached hydrogens (tertiary/aromatic N) is 2. The topological polar surface area (TPSA) is 235 Å². The van der Waals surface area contributed by atoms with Crippen LogP contribution in [-0.4, -0.2) is 115 Å². The van der Waals surface area contributed by atoms with Gasteiger partial charge in [0, 0.05) is 13.5 Å². The van der Waals surface area contributed by atoms with Crippen molar-refractivity contribution in [1.29, 1.82) is 0 Å². The van der Waals surface area contributed by atoms with Gasteiger partial charge in [-0.25, -0.2) is 4.79 Å². The average Bonchev–Trinajstić information content (AvgIpc) is 3.08. The molecule has 8 atom stereocenters. The zero-order valence-corrected chi connectivity index (χ0v) is 31.6. The SMILES string of the molecule is CC(C)[C@@H]1NC(=O)[C@H](Cc2ccc(O)c(Br)c2)N(C)C(=O)C([C@H](C)O)N2C(=O)[C@@H](CC[C@H]2O)NC(=O)C(c2ccc(O)cc2)NC(=O)C[C@@H](C)OC1=O. The Morgan fingerprint density at radius 3 is 2.17 bits per heavy atom. The minimum atomic E-state index is -1.73. The highest BCUT2D eigenvalue weighted by Crippen LogP contribution is 2.28. The number of carbonyl (C=O) groups excluding carboxylic acids is 6. The zero-order valence-electron chi connectivity index (χ0n) is 30.0. The van der Waals surface area contributed by atoms with E-state index in [0.29, 0.717) is 10.0 Å². The molecule has 0 aromatic heterocycles. The van der Waals surface area contributed by atoms with E-state index < -0.39 is 90.1 Å². The van der Waals surface area contributed by atoms with Crippen molar-refractivity contribution in [3.8, 4) is 11.5 Å². The molecule has 2 aliphatic heterocycles. The van der Waals surface area contributed by atoms with Gasteiger partial charge in [-0.1, -0.05) is 32.0 Å². The number of aromatic hydroxyl groups is 2. The maximum atomic E-state index is 14.4. The summed E-state index contributed by atoms with van der Waals surface area (Å²) in [4.78, 5) is 84.8. The van der Waals surface area contributed by atoms with E-state index in [4.69, 9.17) is 4.74 Å². The number of likely N-dealkylation sites (N-methyl/N-ethyl adjacent to an activating group) is 1. The molecule has 2 aromatic rings. The Kier molecular flexibility index (Phi) is 13.5. The first-order valence-corrected chi connectivity index (χ1v) is 18.0.